The Morgan fingerprint density at radius 3 is 2.70 bits per heavy atom. The van der Waals surface area contributed by atoms with Crippen LogP contribution in [0.15, 0.2) is 17.1 Å². The molecule has 0 aromatic carbocycles. The highest BCUT2D eigenvalue weighted by atomic mass is 16.3. The molecule has 0 spiro atoms. The average Bonchev–Trinajstić information content (AvgIpc) is 2.46. The molecule has 0 fully saturated rings. The van der Waals surface area contributed by atoms with Gasteiger partial charge in [-0.15, -0.1) is 0 Å². The van der Waals surface area contributed by atoms with Crippen LogP contribution in [0.4, 0.5) is 5.82 Å². The minimum Gasteiger partial charge on any atom is -0.449 e. The first kappa shape index (κ1) is 9.01. The van der Waals surface area contributed by atoms with E-state index in [1.807, 2.05) is 20.8 Å². The number of hydrogen-bond donors (Lipinski definition) is 1. The van der Waals surface area contributed by atoms with Gasteiger partial charge in [-0.2, -0.15) is 4.98 Å². The highest BCUT2D eigenvalue weighted by Gasteiger charge is 1.87. The van der Waals surface area contributed by atoms with Crippen LogP contribution < -0.4 is 5.32 Å². The Kier molecular flexibility index (Phi) is 5.53. The minimum absolute atomic E-state index is 0.799. The first-order valence-electron chi connectivity index (χ1n) is 3.55. The van der Waals surface area contributed by atoms with Crippen molar-refractivity contribution in [2.24, 2.45) is 0 Å². The van der Waals surface area contributed by atoms with Crippen LogP contribution >= 0.6 is 0 Å². The van der Waals surface area contributed by atoms with E-state index < -0.39 is 0 Å². The van der Waals surface area contributed by atoms with E-state index >= 15 is 0 Å². The lowest BCUT2D eigenvalue weighted by atomic mass is 10.7. The maximum absolute atomic E-state index is 4.69. The van der Waals surface area contributed by atoms with Gasteiger partial charge in [0, 0.05) is 6.54 Å². The summed E-state index contributed by atoms with van der Waals surface area (Å²) in [6, 6.07) is 0. The number of hydrogen-bond acceptors (Lipinski definition) is 3. The van der Waals surface area contributed by atoms with E-state index in [1.165, 1.54) is 6.39 Å². The van der Waals surface area contributed by atoms with Gasteiger partial charge in [0.05, 0.1) is 0 Å². The molecule has 0 amide bonds. The Morgan fingerprint density at radius 2 is 2.30 bits per heavy atom. The first-order chi connectivity index (χ1) is 4.93. The fourth-order valence-electron chi connectivity index (χ4n) is 0.481. The molecule has 1 heterocycles. The highest BCUT2D eigenvalue weighted by Crippen LogP contribution is 1.98. The molecule has 0 aliphatic heterocycles. The molecule has 1 aromatic rings. The third kappa shape index (κ3) is 3.12. The lowest BCUT2D eigenvalue weighted by Crippen LogP contribution is -1.95. The van der Waals surface area contributed by atoms with E-state index in [2.05, 4.69) is 10.3 Å². The van der Waals surface area contributed by atoms with Gasteiger partial charge in [-0.3, -0.25) is 0 Å². The number of nitrogens with zero attached hydrogens (tertiary/aromatic N) is 1. The van der Waals surface area contributed by atoms with Gasteiger partial charge in [0.25, 0.3) is 0 Å². The number of nitrogens with one attached hydrogen (secondary N) is 1. The van der Waals surface area contributed by atoms with Gasteiger partial charge < -0.3 is 9.73 Å². The van der Waals surface area contributed by atoms with Crippen LogP contribution in [0.2, 0.25) is 0 Å². The molecule has 0 atom stereocenters. The van der Waals surface area contributed by atoms with Crippen molar-refractivity contribution in [3.8, 4) is 0 Å². The van der Waals surface area contributed by atoms with Crippen molar-refractivity contribution >= 4 is 5.82 Å². The summed E-state index contributed by atoms with van der Waals surface area (Å²) in [6.45, 7) is 6.89. The van der Waals surface area contributed by atoms with Gasteiger partial charge >= 0.3 is 0 Å². The zero-order valence-electron chi connectivity index (χ0n) is 6.72. The zero-order valence-corrected chi connectivity index (χ0v) is 6.72. The van der Waals surface area contributed by atoms with Crippen LogP contribution in [0, 0.1) is 0 Å². The smallest absolute Gasteiger partial charge is 0.182 e. The molecule has 3 heteroatoms. The normalized spacial score (nSPS) is 7.90. The van der Waals surface area contributed by atoms with Crippen molar-refractivity contribution in [2.75, 3.05) is 11.9 Å². The Morgan fingerprint density at radius 1 is 1.60 bits per heavy atom. The van der Waals surface area contributed by atoms with E-state index in [0.717, 1.165) is 12.4 Å². The largest absolute Gasteiger partial charge is 0.449 e. The number of anilines is 1. The molecular formula is C7H14N2O. The minimum atomic E-state index is 0.799. The molecule has 1 aromatic heterocycles. The summed E-state index contributed by atoms with van der Waals surface area (Å²) in [6.07, 6.45) is 2.97. The van der Waals surface area contributed by atoms with E-state index in [1.54, 1.807) is 6.26 Å². The molecule has 0 aliphatic rings. The van der Waals surface area contributed by atoms with E-state index in [-0.39, 0.29) is 0 Å². The second-order valence-electron chi connectivity index (χ2n) is 1.40. The second-order valence-corrected chi connectivity index (χ2v) is 1.40. The van der Waals surface area contributed by atoms with Crippen molar-refractivity contribution in [3.05, 3.63) is 12.7 Å². The van der Waals surface area contributed by atoms with Crippen LogP contribution in [0.25, 0.3) is 0 Å². The van der Waals surface area contributed by atoms with Gasteiger partial charge in [0.1, 0.15) is 6.26 Å². The van der Waals surface area contributed by atoms with Crippen molar-refractivity contribution in [3.63, 3.8) is 0 Å². The summed E-state index contributed by atoms with van der Waals surface area (Å²) in [5.41, 5.74) is 0. The van der Waals surface area contributed by atoms with E-state index in [4.69, 9.17) is 4.42 Å². The van der Waals surface area contributed by atoms with Crippen molar-refractivity contribution < 1.29 is 4.42 Å². The van der Waals surface area contributed by atoms with Gasteiger partial charge in [0.15, 0.2) is 12.2 Å². The van der Waals surface area contributed by atoms with Crippen LogP contribution in [0.3, 0.4) is 0 Å². The summed E-state index contributed by atoms with van der Waals surface area (Å²) in [4.78, 5) is 3.83. The molecule has 0 radical (unpaired) electrons. The Bertz CT molecular complexity index is 137. The third-order valence-corrected chi connectivity index (χ3v) is 0.790. The standard InChI is InChI=1S/C5H8N2O.C2H6/c1-2-6-5-3-8-4-7-5;1-2/h3-4,6H,2H2,1H3;1-2H3. The molecule has 1 rings (SSSR count). The fraction of sp³-hybridized carbons (Fsp3) is 0.571. The average molecular weight is 142 g/mol. The molecule has 10 heavy (non-hydrogen) atoms. The van der Waals surface area contributed by atoms with Crippen molar-refractivity contribution in [2.45, 2.75) is 20.8 Å². The summed E-state index contributed by atoms with van der Waals surface area (Å²) in [5, 5.41) is 2.98. The first-order valence-corrected chi connectivity index (χ1v) is 3.55. The topological polar surface area (TPSA) is 38.1 Å². The maximum Gasteiger partial charge on any atom is 0.182 e. The second kappa shape index (κ2) is 6.13. The molecule has 0 unspecified atom stereocenters. The summed E-state index contributed by atoms with van der Waals surface area (Å²) in [7, 11) is 0. The predicted molar refractivity (Wildman–Crippen MR) is 42.0 cm³/mol. The van der Waals surface area contributed by atoms with Gasteiger partial charge in [-0.05, 0) is 6.92 Å². The molecule has 58 valence electrons. The summed E-state index contributed by atoms with van der Waals surface area (Å²) < 4.78 is 4.69. The summed E-state index contributed by atoms with van der Waals surface area (Å²) >= 11 is 0. The monoisotopic (exact) mass is 142 g/mol. The van der Waals surface area contributed by atoms with Gasteiger partial charge in [0.2, 0.25) is 0 Å². The Balaban J connectivity index is 0.000000371. The molecule has 0 saturated heterocycles. The zero-order chi connectivity index (χ0) is 7.82. The third-order valence-electron chi connectivity index (χ3n) is 0.790. The molecule has 0 saturated carbocycles. The Labute approximate surface area is 61.5 Å². The molecule has 1 N–H and O–H groups in total. The summed E-state index contributed by atoms with van der Waals surface area (Å²) in [5.74, 6) is 0.799. The van der Waals surface area contributed by atoms with Crippen molar-refractivity contribution in [1.82, 2.24) is 4.98 Å². The van der Waals surface area contributed by atoms with Crippen molar-refractivity contribution in [1.29, 1.82) is 0 Å². The molecule has 3 nitrogen and oxygen atoms in total. The van der Waals surface area contributed by atoms with Crippen LogP contribution in [-0.4, -0.2) is 11.5 Å². The number of aromatic nitrogens is 1. The highest BCUT2D eigenvalue weighted by molar-refractivity contribution is 5.27. The molecule has 0 bridgehead atoms. The van der Waals surface area contributed by atoms with Crippen LogP contribution in [-0.2, 0) is 0 Å². The lowest BCUT2D eigenvalue weighted by Gasteiger charge is -1.90. The Hall–Kier alpha value is -0.990. The fourth-order valence-corrected chi connectivity index (χ4v) is 0.481. The van der Waals surface area contributed by atoms with Crippen LogP contribution in [0.1, 0.15) is 20.8 Å². The van der Waals surface area contributed by atoms with E-state index in [0.29, 0.717) is 0 Å². The van der Waals surface area contributed by atoms with E-state index in [9.17, 15) is 0 Å². The van der Waals surface area contributed by atoms with Gasteiger partial charge in [-0.25, -0.2) is 0 Å². The number of oxazole rings is 1. The molecule has 0 aliphatic carbocycles. The van der Waals surface area contributed by atoms with Crippen LogP contribution in [0.5, 0.6) is 0 Å². The predicted octanol–water partition coefficient (Wildman–Crippen LogP) is 2.13. The lowest BCUT2D eigenvalue weighted by molar-refractivity contribution is 0.558. The maximum atomic E-state index is 4.69. The SMILES string of the molecule is CC.CCNc1cocn1. The molecular weight excluding hydrogens is 128 g/mol. The van der Waals surface area contributed by atoms with Gasteiger partial charge in [-0.1, -0.05) is 13.8 Å². The number of rotatable bonds is 2. The quantitative estimate of drug-likeness (QED) is 0.687.